The number of hydrogen-bond donors (Lipinski definition) is 0. The Morgan fingerprint density at radius 3 is 2.15 bits per heavy atom. The van der Waals surface area contributed by atoms with E-state index in [9.17, 15) is 29.8 Å². The molecule has 5 rings (SSSR count). The largest absolute Gasteiger partial charge is 0.277 e. The number of carbonyl (C=O) groups is 2. The van der Waals surface area contributed by atoms with Crippen molar-refractivity contribution in [1.29, 1.82) is 0 Å². The van der Waals surface area contributed by atoms with E-state index in [1.807, 2.05) is 42.5 Å². The maximum Gasteiger partial charge on any atom is 0.270 e. The Morgan fingerprint density at radius 1 is 0.800 bits per heavy atom. The summed E-state index contributed by atoms with van der Waals surface area (Å²) in [7, 11) is 0. The molecule has 198 valence electrons. The lowest BCUT2D eigenvalue weighted by Crippen LogP contribution is -2.57. The highest BCUT2D eigenvalue weighted by molar-refractivity contribution is 7.80. The van der Waals surface area contributed by atoms with Crippen molar-refractivity contribution < 1.29 is 19.4 Å². The predicted octanol–water partition coefficient (Wildman–Crippen LogP) is 5.96. The van der Waals surface area contributed by atoms with Crippen LogP contribution in [0.4, 0.5) is 17.1 Å². The quantitative estimate of drug-likeness (QED) is 0.0949. The fraction of sp³-hybridized carbons (Fsp3) is 0.0690. The lowest BCUT2D eigenvalue weighted by Gasteiger charge is -2.40. The van der Waals surface area contributed by atoms with Gasteiger partial charge in [0.25, 0.3) is 23.2 Å². The molecule has 1 fully saturated rings. The first kappa shape index (κ1) is 26.3. The zero-order chi connectivity index (χ0) is 28.6. The summed E-state index contributed by atoms with van der Waals surface area (Å²) in [6, 6.07) is 23.5. The van der Waals surface area contributed by atoms with Gasteiger partial charge in [-0.25, -0.2) is 0 Å². The first-order valence-electron chi connectivity index (χ1n) is 12.1. The Morgan fingerprint density at radius 2 is 1.45 bits per heavy atom. The van der Waals surface area contributed by atoms with E-state index >= 15 is 0 Å². The van der Waals surface area contributed by atoms with E-state index in [2.05, 4.69) is 0 Å². The average molecular weight is 553 g/mol. The van der Waals surface area contributed by atoms with Crippen molar-refractivity contribution in [2.24, 2.45) is 0 Å². The number of amides is 2. The van der Waals surface area contributed by atoms with Gasteiger partial charge in [0.2, 0.25) is 0 Å². The summed E-state index contributed by atoms with van der Waals surface area (Å²) in [5, 5.41) is 24.2. The van der Waals surface area contributed by atoms with Gasteiger partial charge >= 0.3 is 0 Å². The number of anilines is 1. The summed E-state index contributed by atoms with van der Waals surface area (Å²) in [6.45, 7) is 1.79. The molecular weight excluding hydrogens is 532 g/mol. The molecule has 40 heavy (non-hydrogen) atoms. The normalized spacial score (nSPS) is 15.5. The molecule has 0 aromatic heterocycles. The van der Waals surface area contributed by atoms with Gasteiger partial charge in [-0.15, -0.1) is 0 Å². The van der Waals surface area contributed by atoms with Crippen LogP contribution >= 0.6 is 12.2 Å². The number of nitrogens with zero attached hydrogens (tertiary/aromatic N) is 4. The third kappa shape index (κ3) is 4.69. The number of non-ortho nitro benzene ring substituents is 2. The molecule has 0 aliphatic carbocycles. The van der Waals surface area contributed by atoms with Crippen LogP contribution in [-0.2, 0) is 9.59 Å². The van der Waals surface area contributed by atoms with Crippen molar-refractivity contribution in [3.05, 3.63) is 128 Å². The maximum atomic E-state index is 13.9. The van der Waals surface area contributed by atoms with E-state index in [1.54, 1.807) is 13.0 Å². The Balaban J connectivity index is 1.66. The van der Waals surface area contributed by atoms with Gasteiger partial charge in [-0.3, -0.25) is 39.6 Å². The molecule has 0 saturated carbocycles. The number of hydrogen-bond acceptors (Lipinski definition) is 7. The molecule has 0 radical (unpaired) electrons. The molecule has 0 bridgehead atoms. The number of rotatable bonds is 6. The standard InChI is InChI=1S/C29H20N4O6S/c1-18(24-11-5-8-20-7-2-3-10-25(20)24)30-27(34)26(17-19-6-4-9-23(16-19)33(38)39)28(35)31(29(30)40)21-12-14-22(15-13-21)32(36)37/h2-18H,1H3/b26-17-. The summed E-state index contributed by atoms with van der Waals surface area (Å²) in [5.41, 5.74) is 0.659. The number of benzene rings is 4. The number of thiocarbonyl (C=S) groups is 1. The molecular formula is C29H20N4O6S. The molecule has 1 unspecified atom stereocenters. The predicted molar refractivity (Wildman–Crippen MR) is 153 cm³/mol. The Labute approximate surface area is 233 Å². The topological polar surface area (TPSA) is 127 Å². The van der Waals surface area contributed by atoms with Crippen LogP contribution in [0.5, 0.6) is 0 Å². The highest BCUT2D eigenvalue weighted by Gasteiger charge is 2.43. The van der Waals surface area contributed by atoms with Crippen LogP contribution in [0.25, 0.3) is 16.8 Å². The third-order valence-corrected chi connectivity index (χ3v) is 7.03. The molecule has 0 spiro atoms. The first-order chi connectivity index (χ1) is 19.2. The zero-order valence-electron chi connectivity index (χ0n) is 21.0. The molecule has 1 atom stereocenters. The monoisotopic (exact) mass is 552 g/mol. The SMILES string of the molecule is CC(c1cccc2ccccc12)N1C(=O)/C(=C/c2cccc([N+](=O)[O-])c2)C(=O)N(c2ccc([N+](=O)[O-])cc2)C1=S. The van der Waals surface area contributed by atoms with Gasteiger partial charge in [-0.1, -0.05) is 54.6 Å². The van der Waals surface area contributed by atoms with Gasteiger partial charge < -0.3 is 0 Å². The molecule has 0 N–H and O–H groups in total. The highest BCUT2D eigenvalue weighted by atomic mass is 32.1. The smallest absolute Gasteiger partial charge is 0.270 e. The van der Waals surface area contributed by atoms with E-state index in [1.165, 1.54) is 53.4 Å². The van der Waals surface area contributed by atoms with Crippen molar-refractivity contribution in [3.63, 3.8) is 0 Å². The van der Waals surface area contributed by atoms with E-state index in [0.29, 0.717) is 0 Å². The van der Waals surface area contributed by atoms with Gasteiger partial charge in [-0.05, 0) is 59.2 Å². The molecule has 2 amide bonds. The number of fused-ring (bicyclic) bond motifs is 1. The van der Waals surface area contributed by atoms with Crippen LogP contribution in [0.2, 0.25) is 0 Å². The van der Waals surface area contributed by atoms with E-state index in [0.717, 1.165) is 21.2 Å². The summed E-state index contributed by atoms with van der Waals surface area (Å²) in [5.74, 6) is -1.42. The molecule has 4 aromatic carbocycles. The van der Waals surface area contributed by atoms with Gasteiger partial charge in [0, 0.05) is 24.3 Å². The molecule has 4 aromatic rings. The molecule has 1 saturated heterocycles. The van der Waals surface area contributed by atoms with Crippen LogP contribution in [-0.4, -0.2) is 31.7 Å². The number of nitro benzene ring substituents is 2. The lowest BCUT2D eigenvalue weighted by molar-refractivity contribution is -0.385. The minimum atomic E-state index is -0.753. The van der Waals surface area contributed by atoms with Crippen LogP contribution in [0.15, 0.2) is 96.6 Å². The molecule has 10 nitrogen and oxygen atoms in total. The molecule has 11 heteroatoms. The zero-order valence-corrected chi connectivity index (χ0v) is 21.8. The van der Waals surface area contributed by atoms with Crippen molar-refractivity contribution >= 4 is 63.1 Å². The fourth-order valence-corrected chi connectivity index (χ4v) is 5.12. The van der Waals surface area contributed by atoms with Crippen molar-refractivity contribution in [2.45, 2.75) is 13.0 Å². The molecule has 1 heterocycles. The van der Waals surface area contributed by atoms with Crippen LogP contribution in [0.3, 0.4) is 0 Å². The second kappa shape index (κ2) is 10.5. The summed E-state index contributed by atoms with van der Waals surface area (Å²) < 4.78 is 0. The minimum absolute atomic E-state index is 0.0968. The number of carbonyl (C=O) groups excluding carboxylic acids is 2. The molecule has 1 aliphatic rings. The summed E-state index contributed by atoms with van der Waals surface area (Å²) in [6.07, 6.45) is 1.29. The highest BCUT2D eigenvalue weighted by Crippen LogP contribution is 2.35. The van der Waals surface area contributed by atoms with Crippen LogP contribution < -0.4 is 4.90 Å². The van der Waals surface area contributed by atoms with E-state index in [4.69, 9.17) is 12.2 Å². The van der Waals surface area contributed by atoms with Gasteiger partial charge in [-0.2, -0.15) is 0 Å². The first-order valence-corrected chi connectivity index (χ1v) is 12.5. The van der Waals surface area contributed by atoms with Gasteiger partial charge in [0.1, 0.15) is 5.57 Å². The van der Waals surface area contributed by atoms with E-state index in [-0.39, 0.29) is 33.3 Å². The maximum absolute atomic E-state index is 13.9. The second-order valence-electron chi connectivity index (χ2n) is 9.03. The number of nitro groups is 2. The lowest BCUT2D eigenvalue weighted by atomic mass is 9.97. The fourth-order valence-electron chi connectivity index (χ4n) is 4.69. The second-order valence-corrected chi connectivity index (χ2v) is 9.39. The van der Waals surface area contributed by atoms with Crippen molar-refractivity contribution in [3.8, 4) is 0 Å². The average Bonchev–Trinajstić information content (AvgIpc) is 2.95. The third-order valence-electron chi connectivity index (χ3n) is 6.65. The summed E-state index contributed by atoms with van der Waals surface area (Å²) in [4.78, 5) is 51.5. The Kier molecular flexibility index (Phi) is 6.89. The van der Waals surface area contributed by atoms with E-state index < -0.39 is 27.7 Å². The molecule has 1 aliphatic heterocycles. The Bertz CT molecular complexity index is 1750. The van der Waals surface area contributed by atoms with Gasteiger partial charge in [0.05, 0.1) is 21.6 Å². The van der Waals surface area contributed by atoms with Crippen molar-refractivity contribution in [2.75, 3.05) is 4.90 Å². The van der Waals surface area contributed by atoms with Crippen molar-refractivity contribution in [1.82, 2.24) is 4.90 Å². The summed E-state index contributed by atoms with van der Waals surface area (Å²) >= 11 is 5.70. The van der Waals surface area contributed by atoms with Crippen LogP contribution in [0.1, 0.15) is 24.1 Å². The van der Waals surface area contributed by atoms with Gasteiger partial charge in [0.15, 0.2) is 5.11 Å². The Hall–Kier alpha value is -5.29. The minimum Gasteiger partial charge on any atom is -0.277 e. The van der Waals surface area contributed by atoms with Crippen LogP contribution in [0, 0.1) is 20.2 Å².